The fourth-order valence-corrected chi connectivity index (χ4v) is 1.76. The van der Waals surface area contributed by atoms with E-state index in [4.69, 9.17) is 10.5 Å². The Hall–Kier alpha value is -2.38. The highest BCUT2D eigenvalue weighted by Crippen LogP contribution is 2.18. The van der Waals surface area contributed by atoms with Gasteiger partial charge in [0.15, 0.2) is 0 Å². The number of hydrogen-bond acceptors (Lipinski definition) is 2. The van der Waals surface area contributed by atoms with Gasteiger partial charge >= 0.3 is 0 Å². The quantitative estimate of drug-likeness (QED) is 0.880. The molecule has 0 amide bonds. The molecule has 0 spiro atoms. The Morgan fingerprint density at radius 1 is 1.14 bits per heavy atom. The van der Waals surface area contributed by atoms with E-state index in [1.807, 2.05) is 0 Å². The van der Waals surface area contributed by atoms with E-state index in [0.29, 0.717) is 16.9 Å². The Kier molecular flexibility index (Phi) is 4.91. The fourth-order valence-electron chi connectivity index (χ4n) is 1.76. The minimum Gasteiger partial charge on any atom is -0.489 e. The normalized spacial score (nSPS) is 9.90. The lowest BCUT2D eigenvalue weighted by Crippen LogP contribution is -2.00. The maximum Gasteiger partial charge on any atom is 0.129 e. The molecule has 0 aromatic heterocycles. The predicted octanol–water partition coefficient (Wildman–Crippen LogP) is 3.16. The second-order valence-electron chi connectivity index (χ2n) is 4.51. The molecule has 2 aromatic carbocycles. The highest BCUT2D eigenvalue weighted by atomic mass is 19.1. The summed E-state index contributed by atoms with van der Waals surface area (Å²) in [7, 11) is 0. The van der Waals surface area contributed by atoms with Crippen LogP contribution < -0.4 is 10.5 Å². The molecular formula is C17H15F2NO. The first-order chi connectivity index (χ1) is 10.1. The summed E-state index contributed by atoms with van der Waals surface area (Å²) < 4.78 is 32.2. The van der Waals surface area contributed by atoms with Crippen molar-refractivity contribution in [2.45, 2.75) is 13.5 Å². The van der Waals surface area contributed by atoms with Crippen molar-refractivity contribution in [2.24, 2.45) is 5.73 Å². The van der Waals surface area contributed by atoms with E-state index in [1.54, 1.807) is 25.1 Å². The summed E-state index contributed by atoms with van der Waals surface area (Å²) in [6.07, 6.45) is 0. The molecule has 0 unspecified atom stereocenters. The van der Waals surface area contributed by atoms with Gasteiger partial charge in [-0.1, -0.05) is 24.0 Å². The first kappa shape index (κ1) is 15.0. The molecule has 108 valence electrons. The molecule has 0 fully saturated rings. The topological polar surface area (TPSA) is 35.2 Å². The second-order valence-corrected chi connectivity index (χ2v) is 4.51. The number of ether oxygens (including phenoxy) is 1. The van der Waals surface area contributed by atoms with Crippen LogP contribution in [-0.2, 0) is 6.61 Å². The fraction of sp³-hybridized carbons (Fsp3) is 0.176. The van der Waals surface area contributed by atoms with E-state index < -0.39 is 0 Å². The Morgan fingerprint density at radius 2 is 1.95 bits per heavy atom. The zero-order chi connectivity index (χ0) is 15.2. The predicted molar refractivity (Wildman–Crippen MR) is 77.8 cm³/mol. The van der Waals surface area contributed by atoms with Gasteiger partial charge in [0, 0.05) is 17.2 Å². The van der Waals surface area contributed by atoms with Gasteiger partial charge in [-0.2, -0.15) is 0 Å². The third kappa shape index (κ3) is 4.04. The molecule has 0 radical (unpaired) electrons. The SMILES string of the molecule is Cc1ccc(OCc2ccc(F)cc2C#CCN)cc1F. The van der Waals surface area contributed by atoms with E-state index in [1.165, 1.54) is 18.2 Å². The molecular weight excluding hydrogens is 272 g/mol. The number of aryl methyl sites for hydroxylation is 1. The second kappa shape index (κ2) is 6.87. The summed E-state index contributed by atoms with van der Waals surface area (Å²) >= 11 is 0. The summed E-state index contributed by atoms with van der Waals surface area (Å²) in [5.74, 6) is 5.20. The van der Waals surface area contributed by atoms with Crippen LogP contribution in [0.25, 0.3) is 0 Å². The third-order valence-corrected chi connectivity index (χ3v) is 2.93. The van der Waals surface area contributed by atoms with Crippen LogP contribution in [0.1, 0.15) is 16.7 Å². The molecule has 0 atom stereocenters. The van der Waals surface area contributed by atoms with Crippen molar-refractivity contribution in [3.8, 4) is 17.6 Å². The first-order valence-electron chi connectivity index (χ1n) is 6.46. The standard InChI is InChI=1S/C17H15F2NO/c1-12-4-7-16(10-17(12)19)21-11-14-5-6-15(18)9-13(14)3-2-8-20/h4-7,9-10H,8,11,20H2,1H3. The third-order valence-electron chi connectivity index (χ3n) is 2.93. The van der Waals surface area contributed by atoms with Crippen molar-refractivity contribution < 1.29 is 13.5 Å². The van der Waals surface area contributed by atoms with Gasteiger partial charge in [0.1, 0.15) is 24.0 Å². The number of halogens is 2. The molecule has 0 aliphatic heterocycles. The molecule has 0 heterocycles. The van der Waals surface area contributed by atoms with Crippen LogP contribution in [0.3, 0.4) is 0 Å². The molecule has 0 aliphatic carbocycles. The molecule has 2 rings (SSSR count). The lowest BCUT2D eigenvalue weighted by atomic mass is 10.1. The summed E-state index contributed by atoms with van der Waals surface area (Å²) in [5, 5.41) is 0. The van der Waals surface area contributed by atoms with E-state index in [9.17, 15) is 8.78 Å². The number of benzene rings is 2. The smallest absolute Gasteiger partial charge is 0.129 e. The summed E-state index contributed by atoms with van der Waals surface area (Å²) in [5.41, 5.74) is 7.12. The zero-order valence-electron chi connectivity index (χ0n) is 11.6. The van der Waals surface area contributed by atoms with Crippen molar-refractivity contribution in [3.63, 3.8) is 0 Å². The number of hydrogen-bond donors (Lipinski definition) is 1. The molecule has 0 aliphatic rings. The Morgan fingerprint density at radius 3 is 2.67 bits per heavy atom. The molecule has 4 heteroatoms. The first-order valence-corrected chi connectivity index (χ1v) is 6.46. The van der Waals surface area contributed by atoms with Crippen LogP contribution in [0.2, 0.25) is 0 Å². The van der Waals surface area contributed by atoms with Gasteiger partial charge in [0.05, 0.1) is 6.54 Å². The van der Waals surface area contributed by atoms with Crippen LogP contribution >= 0.6 is 0 Å². The minimum atomic E-state index is -0.374. The molecule has 2 N–H and O–H groups in total. The van der Waals surface area contributed by atoms with Gasteiger partial charge in [0.25, 0.3) is 0 Å². The maximum atomic E-state index is 13.4. The lowest BCUT2D eigenvalue weighted by molar-refractivity contribution is 0.304. The average Bonchev–Trinajstić information content (AvgIpc) is 2.47. The van der Waals surface area contributed by atoms with Crippen LogP contribution in [0.15, 0.2) is 36.4 Å². The van der Waals surface area contributed by atoms with Crippen LogP contribution in [0.4, 0.5) is 8.78 Å². The van der Waals surface area contributed by atoms with Crippen molar-refractivity contribution >= 4 is 0 Å². The molecule has 0 saturated carbocycles. The Labute approximate surface area is 122 Å². The van der Waals surface area contributed by atoms with Gasteiger partial charge in [0.2, 0.25) is 0 Å². The van der Waals surface area contributed by atoms with E-state index in [-0.39, 0.29) is 24.8 Å². The average molecular weight is 287 g/mol. The van der Waals surface area contributed by atoms with Crippen LogP contribution in [0.5, 0.6) is 5.75 Å². The zero-order valence-corrected chi connectivity index (χ0v) is 11.6. The van der Waals surface area contributed by atoms with Crippen molar-refractivity contribution in [1.82, 2.24) is 0 Å². The Bertz CT molecular complexity index is 702. The van der Waals surface area contributed by atoms with Crippen molar-refractivity contribution in [1.29, 1.82) is 0 Å². The highest BCUT2D eigenvalue weighted by molar-refractivity contribution is 5.42. The Balaban J connectivity index is 2.17. The van der Waals surface area contributed by atoms with E-state index >= 15 is 0 Å². The van der Waals surface area contributed by atoms with E-state index in [0.717, 1.165) is 5.56 Å². The van der Waals surface area contributed by atoms with Gasteiger partial charge in [-0.05, 0) is 30.7 Å². The summed E-state index contributed by atoms with van der Waals surface area (Å²) in [4.78, 5) is 0. The molecule has 2 aromatic rings. The van der Waals surface area contributed by atoms with Gasteiger partial charge in [-0.25, -0.2) is 8.78 Å². The summed E-state index contributed by atoms with van der Waals surface area (Å²) in [6, 6.07) is 8.92. The van der Waals surface area contributed by atoms with Crippen molar-refractivity contribution in [2.75, 3.05) is 6.54 Å². The highest BCUT2D eigenvalue weighted by Gasteiger charge is 2.05. The van der Waals surface area contributed by atoms with E-state index in [2.05, 4.69) is 11.8 Å². The molecule has 0 bridgehead atoms. The van der Waals surface area contributed by atoms with Crippen LogP contribution in [-0.4, -0.2) is 6.54 Å². The number of nitrogens with two attached hydrogens (primary N) is 1. The number of rotatable bonds is 3. The van der Waals surface area contributed by atoms with Crippen LogP contribution in [0, 0.1) is 30.4 Å². The lowest BCUT2D eigenvalue weighted by Gasteiger charge is -2.09. The van der Waals surface area contributed by atoms with Gasteiger partial charge in [-0.15, -0.1) is 0 Å². The largest absolute Gasteiger partial charge is 0.489 e. The van der Waals surface area contributed by atoms with Crippen molar-refractivity contribution in [3.05, 3.63) is 64.7 Å². The molecule has 0 saturated heterocycles. The molecule has 21 heavy (non-hydrogen) atoms. The monoisotopic (exact) mass is 287 g/mol. The molecule has 2 nitrogen and oxygen atoms in total. The van der Waals surface area contributed by atoms with Gasteiger partial charge in [-0.3, -0.25) is 0 Å². The minimum absolute atomic E-state index is 0.178. The summed E-state index contributed by atoms with van der Waals surface area (Å²) in [6.45, 7) is 2.05. The van der Waals surface area contributed by atoms with Gasteiger partial charge < -0.3 is 10.5 Å². The maximum absolute atomic E-state index is 13.4.